The third-order valence-corrected chi connectivity index (χ3v) is 1.63. The van der Waals surface area contributed by atoms with Gasteiger partial charge in [0.2, 0.25) is 0 Å². The third-order valence-electron chi connectivity index (χ3n) is 1.63. The Bertz CT molecular complexity index is 257. The highest BCUT2D eigenvalue weighted by Gasteiger charge is 2.08. The highest BCUT2D eigenvalue weighted by molar-refractivity contribution is 5.06. The van der Waals surface area contributed by atoms with Gasteiger partial charge in [-0.2, -0.15) is 5.10 Å². The molecule has 1 atom stereocenters. The molecule has 4 nitrogen and oxygen atoms in total. The molecule has 1 heterocycles. The Kier molecular flexibility index (Phi) is 3.01. The largest absolute Gasteiger partial charge is 0.394 e. The second-order valence-corrected chi connectivity index (χ2v) is 2.52. The van der Waals surface area contributed by atoms with Gasteiger partial charge in [0.05, 0.1) is 24.9 Å². The summed E-state index contributed by atoms with van der Waals surface area (Å²) < 4.78 is 1.72. The van der Waals surface area contributed by atoms with Gasteiger partial charge in [0.25, 0.3) is 0 Å². The number of hydrogen-bond donors (Lipinski definition) is 2. The lowest BCUT2D eigenvalue weighted by Gasteiger charge is -2.09. The van der Waals surface area contributed by atoms with Gasteiger partial charge in [0.1, 0.15) is 0 Å². The molecule has 0 saturated carbocycles. The van der Waals surface area contributed by atoms with Gasteiger partial charge in [-0.25, -0.2) is 0 Å². The van der Waals surface area contributed by atoms with E-state index in [1.54, 1.807) is 23.0 Å². The molecule has 0 radical (unpaired) electrons. The minimum absolute atomic E-state index is 0.0666. The van der Waals surface area contributed by atoms with Crippen LogP contribution in [-0.4, -0.2) is 21.5 Å². The molecule has 0 aromatic carbocycles. The maximum absolute atomic E-state index is 8.81. The fraction of sp³-hybridized carbons (Fsp3) is 0.375. The van der Waals surface area contributed by atoms with E-state index in [1.807, 2.05) is 0 Å². The summed E-state index contributed by atoms with van der Waals surface area (Å²) in [6, 6.07) is 1.44. The van der Waals surface area contributed by atoms with Gasteiger partial charge < -0.3 is 10.8 Å². The number of aliphatic hydroxyl groups excluding tert-OH is 1. The number of hydrogen-bond acceptors (Lipinski definition) is 3. The van der Waals surface area contributed by atoms with Crippen molar-refractivity contribution in [3.63, 3.8) is 0 Å². The van der Waals surface area contributed by atoms with Gasteiger partial charge in [-0.1, -0.05) is 6.08 Å². The molecule has 0 aliphatic carbocycles. The van der Waals surface area contributed by atoms with Crippen molar-refractivity contribution in [2.45, 2.75) is 12.6 Å². The van der Waals surface area contributed by atoms with Crippen LogP contribution in [0.15, 0.2) is 24.9 Å². The van der Waals surface area contributed by atoms with E-state index in [9.17, 15) is 0 Å². The van der Waals surface area contributed by atoms with Gasteiger partial charge in [0, 0.05) is 6.20 Å². The van der Waals surface area contributed by atoms with Crippen LogP contribution in [0, 0.1) is 0 Å². The standard InChI is InChI=1S/C8H13N3O/c1-2-5-11-8(3-4-10-11)7(9)6-12/h2-4,7,12H,1,5-6,9H2. The summed E-state index contributed by atoms with van der Waals surface area (Å²) in [7, 11) is 0. The van der Waals surface area contributed by atoms with Crippen molar-refractivity contribution in [2.75, 3.05) is 6.61 Å². The molecule has 0 amide bonds. The molecule has 0 aliphatic rings. The van der Waals surface area contributed by atoms with E-state index in [0.29, 0.717) is 6.54 Å². The Hall–Kier alpha value is -1.13. The molecular formula is C8H13N3O. The zero-order valence-corrected chi connectivity index (χ0v) is 6.85. The van der Waals surface area contributed by atoms with Gasteiger partial charge in [-0.3, -0.25) is 4.68 Å². The molecule has 66 valence electrons. The first kappa shape index (κ1) is 8.96. The van der Waals surface area contributed by atoms with E-state index >= 15 is 0 Å². The zero-order chi connectivity index (χ0) is 8.97. The van der Waals surface area contributed by atoms with Crippen LogP contribution in [-0.2, 0) is 6.54 Å². The zero-order valence-electron chi connectivity index (χ0n) is 6.85. The van der Waals surface area contributed by atoms with Crippen LogP contribution >= 0.6 is 0 Å². The maximum Gasteiger partial charge on any atom is 0.0702 e. The lowest BCUT2D eigenvalue weighted by atomic mass is 10.2. The molecule has 1 unspecified atom stereocenters. The molecule has 4 heteroatoms. The normalized spacial score (nSPS) is 12.8. The maximum atomic E-state index is 8.81. The number of aliphatic hydroxyl groups is 1. The lowest BCUT2D eigenvalue weighted by molar-refractivity contribution is 0.262. The molecule has 3 N–H and O–H groups in total. The smallest absolute Gasteiger partial charge is 0.0702 e. The molecular weight excluding hydrogens is 154 g/mol. The number of nitrogens with two attached hydrogens (primary N) is 1. The molecule has 0 aliphatic heterocycles. The average molecular weight is 167 g/mol. The molecule has 0 bridgehead atoms. The van der Waals surface area contributed by atoms with E-state index in [4.69, 9.17) is 10.8 Å². The third kappa shape index (κ3) is 1.72. The molecule has 0 fully saturated rings. The van der Waals surface area contributed by atoms with Crippen molar-refractivity contribution in [3.05, 3.63) is 30.6 Å². The average Bonchev–Trinajstić information content (AvgIpc) is 2.52. The first-order valence-electron chi connectivity index (χ1n) is 3.78. The summed E-state index contributed by atoms with van der Waals surface area (Å²) in [5.74, 6) is 0. The van der Waals surface area contributed by atoms with Gasteiger partial charge in [-0.05, 0) is 6.07 Å². The van der Waals surface area contributed by atoms with E-state index in [1.165, 1.54) is 0 Å². The van der Waals surface area contributed by atoms with Gasteiger partial charge in [-0.15, -0.1) is 6.58 Å². The SMILES string of the molecule is C=CCn1nccc1C(N)CO. The van der Waals surface area contributed by atoms with Gasteiger partial charge in [0.15, 0.2) is 0 Å². The predicted molar refractivity (Wildman–Crippen MR) is 46.4 cm³/mol. The van der Waals surface area contributed by atoms with E-state index in [2.05, 4.69) is 11.7 Å². The van der Waals surface area contributed by atoms with Crippen molar-refractivity contribution in [1.29, 1.82) is 0 Å². The van der Waals surface area contributed by atoms with E-state index in [0.717, 1.165) is 5.69 Å². The lowest BCUT2D eigenvalue weighted by Crippen LogP contribution is -2.19. The Morgan fingerprint density at radius 3 is 3.17 bits per heavy atom. The van der Waals surface area contributed by atoms with Crippen LogP contribution in [0.2, 0.25) is 0 Å². The number of rotatable bonds is 4. The highest BCUT2D eigenvalue weighted by atomic mass is 16.3. The van der Waals surface area contributed by atoms with Crippen LogP contribution in [0.5, 0.6) is 0 Å². The first-order valence-corrected chi connectivity index (χ1v) is 3.78. The first-order chi connectivity index (χ1) is 5.79. The Labute approximate surface area is 71.3 Å². The van der Waals surface area contributed by atoms with E-state index < -0.39 is 0 Å². The molecule has 0 spiro atoms. The van der Waals surface area contributed by atoms with E-state index in [-0.39, 0.29) is 12.6 Å². The van der Waals surface area contributed by atoms with Crippen LogP contribution in [0.4, 0.5) is 0 Å². The predicted octanol–water partition coefficient (Wildman–Crippen LogP) is 0.0612. The minimum Gasteiger partial charge on any atom is -0.394 e. The Morgan fingerprint density at radius 2 is 2.58 bits per heavy atom. The Morgan fingerprint density at radius 1 is 1.83 bits per heavy atom. The fourth-order valence-corrected chi connectivity index (χ4v) is 1.03. The number of aromatic nitrogens is 2. The number of nitrogens with zero attached hydrogens (tertiary/aromatic N) is 2. The van der Waals surface area contributed by atoms with Gasteiger partial charge >= 0.3 is 0 Å². The van der Waals surface area contributed by atoms with Crippen molar-refractivity contribution in [2.24, 2.45) is 5.73 Å². The topological polar surface area (TPSA) is 64.1 Å². The van der Waals surface area contributed by atoms with Crippen molar-refractivity contribution in [1.82, 2.24) is 9.78 Å². The van der Waals surface area contributed by atoms with Crippen LogP contribution in [0.1, 0.15) is 11.7 Å². The fourth-order valence-electron chi connectivity index (χ4n) is 1.03. The summed E-state index contributed by atoms with van der Waals surface area (Å²) in [4.78, 5) is 0. The van der Waals surface area contributed by atoms with Crippen LogP contribution in [0.3, 0.4) is 0 Å². The molecule has 12 heavy (non-hydrogen) atoms. The van der Waals surface area contributed by atoms with Crippen molar-refractivity contribution >= 4 is 0 Å². The van der Waals surface area contributed by atoms with Crippen LogP contribution < -0.4 is 5.73 Å². The number of allylic oxidation sites excluding steroid dienone is 1. The summed E-state index contributed by atoms with van der Waals surface area (Å²) in [5, 5.41) is 12.8. The second-order valence-electron chi connectivity index (χ2n) is 2.52. The monoisotopic (exact) mass is 167 g/mol. The summed E-state index contributed by atoms with van der Waals surface area (Å²) in [6.07, 6.45) is 3.40. The summed E-state index contributed by atoms with van der Waals surface area (Å²) in [6.45, 7) is 4.15. The van der Waals surface area contributed by atoms with Crippen LogP contribution in [0.25, 0.3) is 0 Å². The molecule has 1 rings (SSSR count). The molecule has 1 aromatic rings. The quantitative estimate of drug-likeness (QED) is 0.623. The summed E-state index contributed by atoms with van der Waals surface area (Å²) >= 11 is 0. The molecule has 0 saturated heterocycles. The second kappa shape index (κ2) is 4.04. The molecule has 1 aromatic heterocycles. The highest BCUT2D eigenvalue weighted by Crippen LogP contribution is 2.08. The Balaban J connectivity index is 2.82. The van der Waals surface area contributed by atoms with Crippen molar-refractivity contribution in [3.8, 4) is 0 Å². The minimum atomic E-state index is -0.354. The van der Waals surface area contributed by atoms with Crippen molar-refractivity contribution < 1.29 is 5.11 Å². The summed E-state index contributed by atoms with van der Waals surface area (Å²) in [5.41, 5.74) is 6.46.